The number of halogens is 2. The van der Waals surface area contributed by atoms with Gasteiger partial charge in [0.15, 0.2) is 0 Å². The molecular formula is C15H15ClFNOS. The van der Waals surface area contributed by atoms with E-state index in [0.717, 1.165) is 16.2 Å². The summed E-state index contributed by atoms with van der Waals surface area (Å²) in [6, 6.07) is 10.1. The Morgan fingerprint density at radius 3 is 2.75 bits per heavy atom. The minimum Gasteiger partial charge on any atom is -0.457 e. The summed E-state index contributed by atoms with van der Waals surface area (Å²) in [7, 11) is 0. The van der Waals surface area contributed by atoms with Gasteiger partial charge in [-0.3, -0.25) is 0 Å². The molecule has 2 rings (SSSR count). The van der Waals surface area contributed by atoms with E-state index in [-0.39, 0.29) is 5.02 Å². The normalized spacial score (nSPS) is 10.6. The van der Waals surface area contributed by atoms with E-state index < -0.39 is 5.82 Å². The zero-order chi connectivity index (χ0) is 14.5. The van der Waals surface area contributed by atoms with Crippen molar-refractivity contribution in [3.05, 3.63) is 52.8 Å². The SMILES string of the molecule is CCSc1cccc(Oc2ccc(Cl)c(F)c2)c1CN. The zero-order valence-corrected chi connectivity index (χ0v) is 12.6. The van der Waals surface area contributed by atoms with Crippen molar-refractivity contribution in [2.24, 2.45) is 5.73 Å². The van der Waals surface area contributed by atoms with Crippen molar-refractivity contribution in [3.8, 4) is 11.5 Å². The van der Waals surface area contributed by atoms with Crippen molar-refractivity contribution in [2.45, 2.75) is 18.4 Å². The Kier molecular flexibility index (Phi) is 5.29. The molecule has 0 aliphatic heterocycles. The average Bonchev–Trinajstić information content (AvgIpc) is 2.44. The molecule has 2 N–H and O–H groups in total. The van der Waals surface area contributed by atoms with Crippen LogP contribution in [-0.2, 0) is 6.54 Å². The molecule has 0 atom stereocenters. The van der Waals surface area contributed by atoms with E-state index in [0.29, 0.717) is 18.0 Å². The van der Waals surface area contributed by atoms with Crippen LogP contribution in [0.25, 0.3) is 0 Å². The first-order chi connectivity index (χ1) is 9.65. The summed E-state index contributed by atoms with van der Waals surface area (Å²) in [4.78, 5) is 1.09. The molecule has 0 amide bonds. The maximum atomic E-state index is 13.4. The van der Waals surface area contributed by atoms with Gasteiger partial charge in [0.05, 0.1) is 5.02 Å². The average molecular weight is 312 g/mol. The first-order valence-electron chi connectivity index (χ1n) is 6.23. The van der Waals surface area contributed by atoms with Gasteiger partial charge in [-0.1, -0.05) is 24.6 Å². The molecule has 20 heavy (non-hydrogen) atoms. The van der Waals surface area contributed by atoms with Gasteiger partial charge in [-0.05, 0) is 30.0 Å². The first-order valence-corrected chi connectivity index (χ1v) is 7.59. The lowest BCUT2D eigenvalue weighted by molar-refractivity contribution is 0.469. The van der Waals surface area contributed by atoms with E-state index in [1.54, 1.807) is 17.8 Å². The fraction of sp³-hybridized carbons (Fsp3) is 0.200. The standard InChI is InChI=1S/C15H15ClFNOS/c1-2-20-15-5-3-4-14(11(15)9-18)19-10-6-7-12(16)13(17)8-10/h3-8H,2,9,18H2,1H3. The van der Waals surface area contributed by atoms with Gasteiger partial charge in [0.2, 0.25) is 0 Å². The lowest BCUT2D eigenvalue weighted by Gasteiger charge is -2.13. The Morgan fingerprint density at radius 2 is 2.10 bits per heavy atom. The van der Waals surface area contributed by atoms with E-state index in [2.05, 4.69) is 6.92 Å². The summed E-state index contributed by atoms with van der Waals surface area (Å²) in [5, 5.41) is 0.0756. The molecule has 0 heterocycles. The molecule has 0 aliphatic rings. The minimum absolute atomic E-state index is 0.0756. The van der Waals surface area contributed by atoms with Gasteiger partial charge in [0.1, 0.15) is 17.3 Å². The van der Waals surface area contributed by atoms with E-state index >= 15 is 0 Å². The molecule has 0 fully saturated rings. The predicted octanol–water partition coefficient (Wildman–Crippen LogP) is 4.84. The third kappa shape index (κ3) is 3.45. The molecule has 0 aliphatic carbocycles. The predicted molar refractivity (Wildman–Crippen MR) is 82.2 cm³/mol. The summed E-state index contributed by atoms with van der Waals surface area (Å²) >= 11 is 7.36. The van der Waals surface area contributed by atoms with Gasteiger partial charge in [0.25, 0.3) is 0 Å². The maximum absolute atomic E-state index is 13.4. The smallest absolute Gasteiger partial charge is 0.145 e. The van der Waals surface area contributed by atoms with Crippen molar-refractivity contribution in [1.29, 1.82) is 0 Å². The van der Waals surface area contributed by atoms with Crippen LogP contribution >= 0.6 is 23.4 Å². The Balaban J connectivity index is 2.32. The number of hydrogen-bond donors (Lipinski definition) is 1. The highest BCUT2D eigenvalue weighted by Gasteiger charge is 2.10. The number of benzene rings is 2. The topological polar surface area (TPSA) is 35.2 Å². The van der Waals surface area contributed by atoms with Crippen LogP contribution in [0, 0.1) is 5.82 Å². The second kappa shape index (κ2) is 6.97. The van der Waals surface area contributed by atoms with Gasteiger partial charge in [-0.15, -0.1) is 11.8 Å². The van der Waals surface area contributed by atoms with Gasteiger partial charge >= 0.3 is 0 Å². The second-order valence-electron chi connectivity index (χ2n) is 4.05. The fourth-order valence-electron chi connectivity index (χ4n) is 1.80. The van der Waals surface area contributed by atoms with Crippen molar-refractivity contribution in [2.75, 3.05) is 5.75 Å². The Bertz CT molecular complexity index is 606. The largest absolute Gasteiger partial charge is 0.457 e. The van der Waals surface area contributed by atoms with Gasteiger partial charge in [-0.2, -0.15) is 0 Å². The molecule has 0 spiro atoms. The van der Waals surface area contributed by atoms with Crippen molar-refractivity contribution >= 4 is 23.4 Å². The second-order valence-corrected chi connectivity index (χ2v) is 5.76. The van der Waals surface area contributed by atoms with E-state index in [4.69, 9.17) is 22.1 Å². The highest BCUT2D eigenvalue weighted by molar-refractivity contribution is 7.99. The molecule has 5 heteroatoms. The maximum Gasteiger partial charge on any atom is 0.145 e. The number of thioether (sulfide) groups is 1. The monoisotopic (exact) mass is 311 g/mol. The Labute approximate surface area is 127 Å². The number of rotatable bonds is 5. The molecule has 0 bridgehead atoms. The molecule has 106 valence electrons. The highest BCUT2D eigenvalue weighted by Crippen LogP contribution is 2.33. The van der Waals surface area contributed by atoms with Crippen LogP contribution in [0.5, 0.6) is 11.5 Å². The van der Waals surface area contributed by atoms with E-state index in [1.165, 1.54) is 12.1 Å². The third-order valence-electron chi connectivity index (χ3n) is 2.71. The molecular weight excluding hydrogens is 297 g/mol. The van der Waals surface area contributed by atoms with Crippen LogP contribution in [0.3, 0.4) is 0 Å². The van der Waals surface area contributed by atoms with Gasteiger partial charge < -0.3 is 10.5 Å². The summed E-state index contributed by atoms with van der Waals surface area (Å²) < 4.78 is 19.2. The quantitative estimate of drug-likeness (QED) is 0.802. The third-order valence-corrected chi connectivity index (χ3v) is 4.00. The van der Waals surface area contributed by atoms with Gasteiger partial charge in [-0.25, -0.2) is 4.39 Å². The summed E-state index contributed by atoms with van der Waals surface area (Å²) in [5.74, 6) is 1.50. The summed E-state index contributed by atoms with van der Waals surface area (Å²) in [6.07, 6.45) is 0. The lowest BCUT2D eigenvalue weighted by Crippen LogP contribution is -2.01. The molecule has 2 aromatic carbocycles. The number of hydrogen-bond acceptors (Lipinski definition) is 3. The fourth-order valence-corrected chi connectivity index (χ4v) is 2.76. The van der Waals surface area contributed by atoms with Crippen LogP contribution in [0.2, 0.25) is 5.02 Å². The van der Waals surface area contributed by atoms with Crippen molar-refractivity contribution < 1.29 is 9.13 Å². The van der Waals surface area contributed by atoms with Crippen LogP contribution in [-0.4, -0.2) is 5.75 Å². The Hall–Kier alpha value is -1.23. The minimum atomic E-state index is -0.502. The first kappa shape index (κ1) is 15.2. The zero-order valence-electron chi connectivity index (χ0n) is 11.0. The van der Waals surface area contributed by atoms with Crippen LogP contribution < -0.4 is 10.5 Å². The Morgan fingerprint density at radius 1 is 1.30 bits per heavy atom. The van der Waals surface area contributed by atoms with E-state index in [9.17, 15) is 4.39 Å². The number of nitrogens with two attached hydrogens (primary N) is 1. The molecule has 0 saturated heterocycles. The highest BCUT2D eigenvalue weighted by atomic mass is 35.5. The molecule has 2 aromatic rings. The van der Waals surface area contributed by atoms with Crippen LogP contribution in [0.1, 0.15) is 12.5 Å². The van der Waals surface area contributed by atoms with E-state index in [1.807, 2.05) is 18.2 Å². The molecule has 2 nitrogen and oxygen atoms in total. The number of ether oxygens (including phenoxy) is 1. The summed E-state index contributed by atoms with van der Waals surface area (Å²) in [5.41, 5.74) is 6.73. The van der Waals surface area contributed by atoms with Crippen LogP contribution in [0.15, 0.2) is 41.3 Å². The van der Waals surface area contributed by atoms with Crippen molar-refractivity contribution in [3.63, 3.8) is 0 Å². The lowest BCUT2D eigenvalue weighted by atomic mass is 10.2. The molecule has 0 aromatic heterocycles. The summed E-state index contributed by atoms with van der Waals surface area (Å²) in [6.45, 7) is 2.45. The van der Waals surface area contributed by atoms with Gasteiger partial charge in [0, 0.05) is 23.1 Å². The van der Waals surface area contributed by atoms with Crippen molar-refractivity contribution in [1.82, 2.24) is 0 Å². The molecule has 0 unspecified atom stereocenters. The van der Waals surface area contributed by atoms with Crippen LogP contribution in [0.4, 0.5) is 4.39 Å². The molecule has 0 radical (unpaired) electrons. The molecule has 0 saturated carbocycles.